The van der Waals surface area contributed by atoms with Crippen molar-refractivity contribution in [1.29, 1.82) is 0 Å². The highest BCUT2D eigenvalue weighted by Crippen LogP contribution is 2.35. The van der Waals surface area contributed by atoms with Gasteiger partial charge in [-0.1, -0.05) is 18.5 Å². The van der Waals surface area contributed by atoms with Gasteiger partial charge in [-0.25, -0.2) is 0 Å². The van der Waals surface area contributed by atoms with Crippen molar-refractivity contribution in [2.75, 3.05) is 13.2 Å². The quantitative estimate of drug-likeness (QED) is 0.567. The first kappa shape index (κ1) is 20.2. The number of hydrogen-bond acceptors (Lipinski definition) is 5. The van der Waals surface area contributed by atoms with Gasteiger partial charge in [-0.2, -0.15) is 13.2 Å². The second-order valence-corrected chi connectivity index (χ2v) is 5.27. The van der Waals surface area contributed by atoms with Gasteiger partial charge in [-0.15, -0.1) is 0 Å². The molecule has 0 aliphatic rings. The van der Waals surface area contributed by atoms with Crippen LogP contribution in [0.1, 0.15) is 37.9 Å². The van der Waals surface area contributed by atoms with Gasteiger partial charge in [0.25, 0.3) is 0 Å². The molecule has 0 fully saturated rings. The van der Waals surface area contributed by atoms with E-state index in [1.807, 2.05) is 0 Å². The molecule has 0 aliphatic carbocycles. The molecule has 0 aromatic carbocycles. The fraction of sp³-hybridized carbons (Fsp3) is 0.533. The third-order valence-electron chi connectivity index (χ3n) is 3.21. The Kier molecular flexibility index (Phi) is 7.01. The van der Waals surface area contributed by atoms with E-state index < -0.39 is 35.5 Å². The van der Waals surface area contributed by atoms with E-state index in [0.717, 1.165) is 0 Å². The molecule has 0 spiro atoms. The van der Waals surface area contributed by atoms with Crippen LogP contribution >= 0.6 is 11.6 Å². The maximum atomic E-state index is 12.7. The number of esters is 2. The maximum absolute atomic E-state index is 12.7. The fourth-order valence-corrected chi connectivity index (χ4v) is 2.40. The van der Waals surface area contributed by atoms with Gasteiger partial charge < -0.3 is 9.47 Å². The second-order valence-electron chi connectivity index (χ2n) is 4.86. The Morgan fingerprint density at radius 3 is 2.08 bits per heavy atom. The molecule has 9 heteroatoms. The highest BCUT2D eigenvalue weighted by molar-refractivity contribution is 6.31. The van der Waals surface area contributed by atoms with Gasteiger partial charge in [0.15, 0.2) is 5.92 Å². The molecule has 1 aromatic rings. The van der Waals surface area contributed by atoms with E-state index in [9.17, 15) is 22.8 Å². The zero-order valence-corrected chi connectivity index (χ0v) is 14.1. The van der Waals surface area contributed by atoms with Crippen LogP contribution in [0.5, 0.6) is 0 Å². The molecule has 0 N–H and O–H groups in total. The van der Waals surface area contributed by atoms with Gasteiger partial charge >= 0.3 is 18.1 Å². The van der Waals surface area contributed by atoms with E-state index in [4.69, 9.17) is 21.1 Å². The van der Waals surface area contributed by atoms with Crippen molar-refractivity contribution in [1.82, 2.24) is 4.98 Å². The molecular weight excluding hydrogens is 351 g/mol. The molecule has 0 aliphatic heterocycles. The van der Waals surface area contributed by atoms with Crippen LogP contribution in [0, 0.1) is 5.92 Å². The van der Waals surface area contributed by atoms with E-state index in [-0.39, 0.29) is 23.9 Å². The number of alkyl halides is 3. The predicted molar refractivity (Wildman–Crippen MR) is 79.4 cm³/mol. The van der Waals surface area contributed by atoms with Crippen molar-refractivity contribution in [2.24, 2.45) is 5.92 Å². The van der Waals surface area contributed by atoms with Crippen molar-refractivity contribution < 1.29 is 32.2 Å². The van der Waals surface area contributed by atoms with Crippen LogP contribution in [0.15, 0.2) is 12.3 Å². The predicted octanol–water partition coefficient (Wildman–Crippen LogP) is 3.60. The summed E-state index contributed by atoms with van der Waals surface area (Å²) in [5, 5.41) is -0.295. The number of ether oxygens (including phenoxy) is 2. The summed E-state index contributed by atoms with van der Waals surface area (Å²) in [4.78, 5) is 27.8. The van der Waals surface area contributed by atoms with E-state index in [0.29, 0.717) is 12.3 Å². The first-order valence-corrected chi connectivity index (χ1v) is 7.57. The molecule has 24 heavy (non-hydrogen) atoms. The van der Waals surface area contributed by atoms with E-state index in [2.05, 4.69) is 4.98 Å². The topological polar surface area (TPSA) is 65.5 Å². The van der Waals surface area contributed by atoms with Crippen LogP contribution in [0.25, 0.3) is 0 Å². The summed E-state index contributed by atoms with van der Waals surface area (Å²) in [6, 6.07) is 0.702. The molecule has 0 saturated carbocycles. The zero-order valence-electron chi connectivity index (χ0n) is 13.3. The lowest BCUT2D eigenvalue weighted by atomic mass is 9.90. The summed E-state index contributed by atoms with van der Waals surface area (Å²) in [6.45, 7) is 4.65. The van der Waals surface area contributed by atoms with Gasteiger partial charge in [0.05, 0.1) is 29.5 Å². The van der Waals surface area contributed by atoms with E-state index in [1.165, 1.54) is 6.92 Å². The molecule has 0 amide bonds. The maximum Gasteiger partial charge on any atom is 0.417 e. The van der Waals surface area contributed by atoms with Gasteiger partial charge in [0.1, 0.15) is 0 Å². The molecule has 1 atom stereocenters. The number of halogens is 4. The highest BCUT2D eigenvalue weighted by atomic mass is 35.5. The summed E-state index contributed by atoms with van der Waals surface area (Å²) in [5.41, 5.74) is -1.04. The number of aromatic nitrogens is 1. The highest BCUT2D eigenvalue weighted by Gasteiger charge is 2.38. The monoisotopic (exact) mass is 367 g/mol. The molecule has 0 radical (unpaired) electrons. The fourth-order valence-electron chi connectivity index (χ4n) is 2.06. The number of rotatable bonds is 6. The van der Waals surface area contributed by atoms with E-state index >= 15 is 0 Å². The minimum Gasteiger partial charge on any atom is -0.465 e. The summed E-state index contributed by atoms with van der Waals surface area (Å²) in [6.07, 6.45) is -3.99. The van der Waals surface area contributed by atoms with Gasteiger partial charge in [0.2, 0.25) is 0 Å². The van der Waals surface area contributed by atoms with Crippen molar-refractivity contribution in [3.8, 4) is 0 Å². The van der Waals surface area contributed by atoms with Crippen LogP contribution in [-0.2, 0) is 25.2 Å². The molecule has 1 heterocycles. The SMILES string of the molecule is CCOC(=O)C(C(=O)OCC)C(C)c1ncc(C(F)(F)F)cc1Cl. The standard InChI is InChI=1S/C15H17ClF3NO4/c1-4-23-13(21)11(14(22)24-5-2)8(3)12-10(16)6-9(7-20-12)15(17,18)19/h6-8,11H,4-5H2,1-3H3. The average Bonchev–Trinajstić information content (AvgIpc) is 2.46. The lowest BCUT2D eigenvalue weighted by molar-refractivity contribution is -0.162. The van der Waals surface area contributed by atoms with Crippen LogP contribution in [0.2, 0.25) is 5.02 Å². The number of nitrogens with zero attached hydrogens (tertiary/aromatic N) is 1. The minimum absolute atomic E-state index is 0.0178. The van der Waals surface area contributed by atoms with Crippen LogP contribution in [-0.4, -0.2) is 30.1 Å². The first-order chi connectivity index (χ1) is 11.1. The van der Waals surface area contributed by atoms with Gasteiger partial charge in [-0.3, -0.25) is 14.6 Å². The van der Waals surface area contributed by atoms with Crippen molar-refractivity contribution in [2.45, 2.75) is 32.9 Å². The molecule has 1 rings (SSSR count). The normalized spacial score (nSPS) is 12.8. The summed E-state index contributed by atoms with van der Waals surface area (Å²) >= 11 is 5.87. The van der Waals surface area contributed by atoms with Crippen molar-refractivity contribution in [3.05, 3.63) is 28.5 Å². The molecule has 5 nitrogen and oxygen atoms in total. The summed E-state index contributed by atoms with van der Waals surface area (Å²) in [7, 11) is 0. The molecular formula is C15H17ClF3NO4. The Hall–Kier alpha value is -1.83. The van der Waals surface area contributed by atoms with Gasteiger partial charge in [-0.05, 0) is 19.9 Å². The van der Waals surface area contributed by atoms with Crippen LogP contribution < -0.4 is 0 Å². The largest absolute Gasteiger partial charge is 0.465 e. The number of hydrogen-bond donors (Lipinski definition) is 0. The Morgan fingerprint density at radius 1 is 1.21 bits per heavy atom. The van der Waals surface area contributed by atoms with Crippen molar-refractivity contribution >= 4 is 23.5 Å². The van der Waals surface area contributed by atoms with Crippen LogP contribution in [0.4, 0.5) is 13.2 Å². The van der Waals surface area contributed by atoms with E-state index in [1.54, 1.807) is 13.8 Å². The average molecular weight is 368 g/mol. The Bertz CT molecular complexity index is 589. The number of pyridine rings is 1. The van der Waals surface area contributed by atoms with Crippen LogP contribution in [0.3, 0.4) is 0 Å². The second kappa shape index (κ2) is 8.32. The smallest absolute Gasteiger partial charge is 0.417 e. The molecule has 0 bridgehead atoms. The van der Waals surface area contributed by atoms with Gasteiger partial charge in [0, 0.05) is 12.1 Å². The Balaban J connectivity index is 3.20. The number of carbonyl (C=O) groups excluding carboxylic acids is 2. The van der Waals surface area contributed by atoms with Crippen molar-refractivity contribution in [3.63, 3.8) is 0 Å². The molecule has 134 valence electrons. The summed E-state index contributed by atoms with van der Waals surface area (Å²) < 4.78 is 47.7. The third-order valence-corrected chi connectivity index (χ3v) is 3.51. The molecule has 1 unspecified atom stereocenters. The Labute approximate surface area is 142 Å². The number of carbonyl (C=O) groups is 2. The molecule has 1 aromatic heterocycles. The first-order valence-electron chi connectivity index (χ1n) is 7.19. The third kappa shape index (κ3) is 4.83. The lowest BCUT2D eigenvalue weighted by Gasteiger charge is -2.21. The lowest BCUT2D eigenvalue weighted by Crippen LogP contribution is -2.33. The Morgan fingerprint density at radius 2 is 1.71 bits per heavy atom. The zero-order chi connectivity index (χ0) is 18.5. The molecule has 0 saturated heterocycles. The minimum atomic E-state index is -4.60. The summed E-state index contributed by atoms with van der Waals surface area (Å²) in [5.74, 6) is -3.98.